The highest BCUT2D eigenvalue weighted by Gasteiger charge is 2.32. The lowest BCUT2D eigenvalue weighted by molar-refractivity contribution is -0.140. The first-order valence-corrected chi connectivity index (χ1v) is 14.1. The summed E-state index contributed by atoms with van der Waals surface area (Å²) in [6, 6.07) is 11.4. The molecule has 2 aromatic carbocycles. The van der Waals surface area contributed by atoms with Gasteiger partial charge in [-0.1, -0.05) is 72.9 Å². The molecule has 2 unspecified atom stereocenters. The van der Waals surface area contributed by atoms with Crippen LogP contribution in [0, 0.1) is 6.92 Å². The van der Waals surface area contributed by atoms with Crippen LogP contribution in [0.15, 0.2) is 42.5 Å². The lowest BCUT2D eigenvalue weighted by Gasteiger charge is -2.33. The number of halogens is 2. The predicted molar refractivity (Wildman–Crippen MR) is 142 cm³/mol. The van der Waals surface area contributed by atoms with Crippen molar-refractivity contribution in [1.82, 2.24) is 10.2 Å². The van der Waals surface area contributed by atoms with Gasteiger partial charge < -0.3 is 10.2 Å². The van der Waals surface area contributed by atoms with E-state index in [-0.39, 0.29) is 34.2 Å². The summed E-state index contributed by atoms with van der Waals surface area (Å²) in [4.78, 5) is 28.2. The Hall–Kier alpha value is -2.29. The quantitative estimate of drug-likeness (QED) is 0.443. The van der Waals surface area contributed by atoms with Crippen LogP contribution < -0.4 is 9.62 Å². The Morgan fingerprint density at radius 1 is 1.03 bits per heavy atom. The molecule has 1 N–H and O–H groups in total. The van der Waals surface area contributed by atoms with Crippen molar-refractivity contribution in [2.75, 3.05) is 17.1 Å². The van der Waals surface area contributed by atoms with Crippen LogP contribution >= 0.6 is 23.2 Å². The first-order chi connectivity index (χ1) is 16.4. The third kappa shape index (κ3) is 7.85. The van der Waals surface area contributed by atoms with E-state index in [0.29, 0.717) is 6.42 Å². The predicted octanol–water partition coefficient (Wildman–Crippen LogP) is 4.79. The lowest BCUT2D eigenvalue weighted by atomic mass is 10.1. The molecule has 2 atom stereocenters. The summed E-state index contributed by atoms with van der Waals surface area (Å²) < 4.78 is 26.3. The standard InChI is InChI=1S/C25H33Cl2N3O4S/c1-6-18(4)28-25(32)21(7-2)29(15-19-13-11-17(3)12-14-19)23(31)16-30(35(5,33)34)22-10-8-9-20(26)24(22)27/h8-14,18,21H,6-7,15-16H2,1-5H3,(H,28,32). The van der Waals surface area contributed by atoms with Gasteiger partial charge in [0.25, 0.3) is 0 Å². The fourth-order valence-electron chi connectivity index (χ4n) is 3.53. The van der Waals surface area contributed by atoms with Crippen molar-refractivity contribution in [3.05, 3.63) is 63.6 Å². The second-order valence-electron chi connectivity index (χ2n) is 8.59. The van der Waals surface area contributed by atoms with Gasteiger partial charge in [-0.25, -0.2) is 8.42 Å². The molecule has 0 aliphatic carbocycles. The Bertz CT molecular complexity index is 1140. The Morgan fingerprint density at radius 2 is 1.66 bits per heavy atom. The molecule has 0 radical (unpaired) electrons. The van der Waals surface area contributed by atoms with Gasteiger partial charge in [-0.15, -0.1) is 0 Å². The summed E-state index contributed by atoms with van der Waals surface area (Å²) in [5.74, 6) is -0.813. The van der Waals surface area contributed by atoms with Crippen LogP contribution in [0.2, 0.25) is 10.0 Å². The molecular formula is C25H33Cl2N3O4S. The summed E-state index contributed by atoms with van der Waals surface area (Å²) in [6.07, 6.45) is 2.09. The monoisotopic (exact) mass is 541 g/mol. The fourth-order valence-corrected chi connectivity index (χ4v) is 4.83. The Balaban J connectivity index is 2.47. The highest BCUT2D eigenvalue weighted by Crippen LogP contribution is 2.33. The molecule has 0 spiro atoms. The summed E-state index contributed by atoms with van der Waals surface area (Å²) >= 11 is 12.4. The topological polar surface area (TPSA) is 86.8 Å². The van der Waals surface area contributed by atoms with Crippen molar-refractivity contribution >= 4 is 50.7 Å². The number of amides is 2. The number of hydrogen-bond donors (Lipinski definition) is 1. The molecule has 0 saturated carbocycles. The number of carbonyl (C=O) groups is 2. The fraction of sp³-hybridized carbons (Fsp3) is 0.440. The van der Waals surface area contributed by atoms with Gasteiger partial charge in [0.2, 0.25) is 21.8 Å². The van der Waals surface area contributed by atoms with E-state index >= 15 is 0 Å². The van der Waals surface area contributed by atoms with Gasteiger partial charge in [0.15, 0.2) is 0 Å². The van der Waals surface area contributed by atoms with E-state index in [9.17, 15) is 18.0 Å². The van der Waals surface area contributed by atoms with E-state index in [1.165, 1.54) is 17.0 Å². The zero-order chi connectivity index (χ0) is 26.3. The van der Waals surface area contributed by atoms with Crippen molar-refractivity contribution in [2.24, 2.45) is 0 Å². The molecule has 2 aromatic rings. The van der Waals surface area contributed by atoms with Gasteiger partial charge in [0.1, 0.15) is 12.6 Å². The van der Waals surface area contributed by atoms with Gasteiger partial charge in [0.05, 0.1) is 22.0 Å². The Kier molecular flexibility index (Phi) is 10.4. The molecule has 0 aromatic heterocycles. The van der Waals surface area contributed by atoms with E-state index in [1.807, 2.05) is 52.0 Å². The van der Waals surface area contributed by atoms with Crippen molar-refractivity contribution in [1.29, 1.82) is 0 Å². The second kappa shape index (κ2) is 12.6. The van der Waals surface area contributed by atoms with Crippen molar-refractivity contribution in [3.63, 3.8) is 0 Å². The van der Waals surface area contributed by atoms with Crippen molar-refractivity contribution in [2.45, 2.75) is 59.2 Å². The van der Waals surface area contributed by atoms with Crippen LogP contribution in [0.5, 0.6) is 0 Å². The zero-order valence-electron chi connectivity index (χ0n) is 20.7. The summed E-state index contributed by atoms with van der Waals surface area (Å²) in [5, 5.41) is 3.13. The SMILES string of the molecule is CCC(C)NC(=O)C(CC)N(Cc1ccc(C)cc1)C(=O)CN(c1cccc(Cl)c1Cl)S(C)(=O)=O. The second-order valence-corrected chi connectivity index (χ2v) is 11.3. The Morgan fingerprint density at radius 3 is 2.20 bits per heavy atom. The van der Waals surface area contributed by atoms with Crippen LogP contribution in [0.25, 0.3) is 0 Å². The first kappa shape index (κ1) is 28.9. The Labute approximate surface area is 218 Å². The van der Waals surface area contributed by atoms with Crippen LogP contribution in [0.3, 0.4) is 0 Å². The van der Waals surface area contributed by atoms with Crippen LogP contribution in [-0.4, -0.2) is 50.0 Å². The van der Waals surface area contributed by atoms with E-state index in [4.69, 9.17) is 23.2 Å². The van der Waals surface area contributed by atoms with Crippen LogP contribution in [-0.2, 0) is 26.2 Å². The molecule has 2 amide bonds. The summed E-state index contributed by atoms with van der Waals surface area (Å²) in [7, 11) is -3.90. The molecule has 35 heavy (non-hydrogen) atoms. The number of sulfonamides is 1. The zero-order valence-corrected chi connectivity index (χ0v) is 23.0. The maximum absolute atomic E-state index is 13.7. The highest BCUT2D eigenvalue weighted by molar-refractivity contribution is 7.92. The molecule has 0 fully saturated rings. The normalized spacial score (nSPS) is 13.1. The van der Waals surface area contributed by atoms with Gasteiger partial charge in [-0.2, -0.15) is 0 Å². The number of nitrogens with one attached hydrogen (secondary N) is 1. The van der Waals surface area contributed by atoms with E-state index < -0.39 is 28.5 Å². The molecule has 0 aliphatic rings. The van der Waals surface area contributed by atoms with E-state index in [0.717, 1.165) is 28.1 Å². The maximum atomic E-state index is 13.7. The highest BCUT2D eigenvalue weighted by atomic mass is 35.5. The van der Waals surface area contributed by atoms with Gasteiger partial charge >= 0.3 is 0 Å². The number of benzene rings is 2. The molecule has 7 nitrogen and oxygen atoms in total. The number of nitrogens with zero attached hydrogens (tertiary/aromatic N) is 2. The largest absolute Gasteiger partial charge is 0.352 e. The lowest BCUT2D eigenvalue weighted by Crippen LogP contribution is -2.53. The number of aryl methyl sites for hydroxylation is 1. The third-order valence-electron chi connectivity index (χ3n) is 5.74. The van der Waals surface area contributed by atoms with E-state index in [1.54, 1.807) is 6.07 Å². The molecule has 0 aliphatic heterocycles. The van der Waals surface area contributed by atoms with Gasteiger partial charge in [-0.05, 0) is 44.4 Å². The minimum atomic E-state index is -3.90. The number of rotatable bonds is 11. The number of hydrogen-bond acceptors (Lipinski definition) is 4. The molecular weight excluding hydrogens is 509 g/mol. The molecule has 10 heteroatoms. The van der Waals surface area contributed by atoms with Crippen molar-refractivity contribution < 1.29 is 18.0 Å². The molecule has 2 rings (SSSR count). The van der Waals surface area contributed by atoms with Crippen molar-refractivity contribution in [3.8, 4) is 0 Å². The molecule has 0 heterocycles. The average molecular weight is 543 g/mol. The van der Waals surface area contributed by atoms with Crippen LogP contribution in [0.4, 0.5) is 5.69 Å². The maximum Gasteiger partial charge on any atom is 0.244 e. The van der Waals surface area contributed by atoms with Gasteiger partial charge in [-0.3, -0.25) is 13.9 Å². The minimum Gasteiger partial charge on any atom is -0.352 e. The van der Waals surface area contributed by atoms with Crippen LogP contribution in [0.1, 0.15) is 44.7 Å². The average Bonchev–Trinajstić information content (AvgIpc) is 2.79. The van der Waals surface area contributed by atoms with E-state index in [2.05, 4.69) is 5.32 Å². The summed E-state index contributed by atoms with van der Waals surface area (Å²) in [6.45, 7) is 7.24. The third-order valence-corrected chi connectivity index (χ3v) is 7.67. The smallest absolute Gasteiger partial charge is 0.244 e. The first-order valence-electron chi connectivity index (χ1n) is 11.5. The molecule has 192 valence electrons. The number of anilines is 1. The van der Waals surface area contributed by atoms with Gasteiger partial charge in [0, 0.05) is 12.6 Å². The molecule has 0 saturated heterocycles. The number of carbonyl (C=O) groups excluding carboxylic acids is 2. The summed E-state index contributed by atoms with van der Waals surface area (Å²) in [5.41, 5.74) is 1.99. The minimum absolute atomic E-state index is 0.0269. The molecule has 0 bridgehead atoms.